The molecule has 1 N–H and O–H groups in total. The van der Waals surface area contributed by atoms with Gasteiger partial charge in [0, 0.05) is 6.04 Å². The van der Waals surface area contributed by atoms with E-state index in [1.54, 1.807) is 0 Å². The van der Waals surface area contributed by atoms with Crippen LogP contribution in [0.25, 0.3) is 0 Å². The van der Waals surface area contributed by atoms with Crippen molar-refractivity contribution >= 4 is 0 Å². The maximum Gasteiger partial charge on any atom is 0.161 e. The lowest BCUT2D eigenvalue weighted by atomic mass is 9.96. The van der Waals surface area contributed by atoms with Gasteiger partial charge in [-0.25, -0.2) is 0 Å². The van der Waals surface area contributed by atoms with Gasteiger partial charge in [0.15, 0.2) is 11.5 Å². The summed E-state index contributed by atoms with van der Waals surface area (Å²) in [6, 6.07) is 6.73. The van der Waals surface area contributed by atoms with E-state index in [0.29, 0.717) is 25.2 Å². The van der Waals surface area contributed by atoms with Crippen molar-refractivity contribution in [1.29, 1.82) is 0 Å². The normalized spacial score (nSPS) is 23.1. The smallest absolute Gasteiger partial charge is 0.161 e. The van der Waals surface area contributed by atoms with Crippen LogP contribution < -0.4 is 14.8 Å². The second-order valence-electron chi connectivity index (χ2n) is 4.77. The topological polar surface area (TPSA) is 30.5 Å². The number of rotatable bonds is 5. The van der Waals surface area contributed by atoms with Crippen molar-refractivity contribution in [2.75, 3.05) is 19.8 Å². The van der Waals surface area contributed by atoms with E-state index in [4.69, 9.17) is 9.47 Å². The van der Waals surface area contributed by atoms with Gasteiger partial charge >= 0.3 is 0 Å². The SMILES string of the molecule is CCOc1ccc(C2NCCC2C)cc1OCC. The quantitative estimate of drug-likeness (QED) is 0.869. The zero-order chi connectivity index (χ0) is 13.0. The van der Waals surface area contributed by atoms with Crippen LogP contribution in [0.5, 0.6) is 11.5 Å². The number of hydrogen-bond acceptors (Lipinski definition) is 3. The first kappa shape index (κ1) is 13.2. The Balaban J connectivity index is 2.24. The summed E-state index contributed by atoms with van der Waals surface area (Å²) in [5.74, 6) is 2.38. The summed E-state index contributed by atoms with van der Waals surface area (Å²) < 4.78 is 11.3. The molecule has 1 aliphatic heterocycles. The van der Waals surface area contributed by atoms with Crippen LogP contribution in [0.2, 0.25) is 0 Å². The van der Waals surface area contributed by atoms with Crippen LogP contribution in [0.1, 0.15) is 38.8 Å². The molecule has 100 valence electrons. The fourth-order valence-electron chi connectivity index (χ4n) is 2.54. The first-order valence-electron chi connectivity index (χ1n) is 6.89. The lowest BCUT2D eigenvalue weighted by Gasteiger charge is -2.18. The molecule has 1 saturated heterocycles. The van der Waals surface area contributed by atoms with Crippen LogP contribution >= 0.6 is 0 Å². The van der Waals surface area contributed by atoms with Crippen molar-refractivity contribution in [3.63, 3.8) is 0 Å². The number of nitrogens with one attached hydrogen (secondary N) is 1. The Morgan fingerprint density at radius 3 is 2.50 bits per heavy atom. The second kappa shape index (κ2) is 6.10. The van der Waals surface area contributed by atoms with Gasteiger partial charge in [0.1, 0.15) is 0 Å². The lowest BCUT2D eigenvalue weighted by Crippen LogP contribution is -2.16. The molecule has 0 aromatic heterocycles. The maximum absolute atomic E-state index is 5.67. The summed E-state index contributed by atoms with van der Waals surface area (Å²) in [5.41, 5.74) is 1.30. The number of ether oxygens (including phenoxy) is 2. The maximum atomic E-state index is 5.67. The van der Waals surface area contributed by atoms with E-state index in [-0.39, 0.29) is 0 Å². The summed E-state index contributed by atoms with van der Waals surface area (Å²) in [6.07, 6.45) is 1.24. The van der Waals surface area contributed by atoms with E-state index in [0.717, 1.165) is 18.0 Å². The number of benzene rings is 1. The molecule has 2 atom stereocenters. The fourth-order valence-corrected chi connectivity index (χ4v) is 2.54. The predicted octanol–water partition coefficient (Wildman–Crippen LogP) is 3.15. The van der Waals surface area contributed by atoms with Crippen molar-refractivity contribution in [1.82, 2.24) is 5.32 Å². The molecule has 0 saturated carbocycles. The average Bonchev–Trinajstić information content (AvgIpc) is 2.78. The van der Waals surface area contributed by atoms with Crippen LogP contribution in [-0.4, -0.2) is 19.8 Å². The van der Waals surface area contributed by atoms with Crippen LogP contribution in [0, 0.1) is 5.92 Å². The summed E-state index contributed by atoms with van der Waals surface area (Å²) in [5, 5.41) is 3.55. The van der Waals surface area contributed by atoms with Gasteiger partial charge in [0.05, 0.1) is 13.2 Å². The van der Waals surface area contributed by atoms with Gasteiger partial charge in [-0.05, 0) is 50.4 Å². The Bertz CT molecular complexity index is 392. The van der Waals surface area contributed by atoms with Gasteiger partial charge in [-0.3, -0.25) is 0 Å². The Morgan fingerprint density at radius 2 is 1.89 bits per heavy atom. The van der Waals surface area contributed by atoms with Gasteiger partial charge in [-0.2, -0.15) is 0 Å². The summed E-state index contributed by atoms with van der Waals surface area (Å²) in [4.78, 5) is 0. The third-order valence-corrected chi connectivity index (χ3v) is 3.46. The highest BCUT2D eigenvalue weighted by atomic mass is 16.5. The van der Waals surface area contributed by atoms with E-state index in [1.807, 2.05) is 19.9 Å². The minimum Gasteiger partial charge on any atom is -0.490 e. The highest BCUT2D eigenvalue weighted by molar-refractivity contribution is 5.44. The molecule has 3 heteroatoms. The predicted molar refractivity (Wildman–Crippen MR) is 73.3 cm³/mol. The molecule has 1 aliphatic rings. The molecule has 1 aromatic carbocycles. The summed E-state index contributed by atoms with van der Waals surface area (Å²) in [7, 11) is 0. The Labute approximate surface area is 109 Å². The molecule has 0 bridgehead atoms. The molecule has 2 unspecified atom stereocenters. The van der Waals surface area contributed by atoms with E-state index in [9.17, 15) is 0 Å². The Hall–Kier alpha value is -1.22. The highest BCUT2D eigenvalue weighted by Crippen LogP contribution is 2.35. The van der Waals surface area contributed by atoms with Gasteiger partial charge in [0.25, 0.3) is 0 Å². The molecular formula is C15H23NO2. The highest BCUT2D eigenvalue weighted by Gasteiger charge is 2.25. The minimum absolute atomic E-state index is 0.444. The van der Waals surface area contributed by atoms with E-state index < -0.39 is 0 Å². The summed E-state index contributed by atoms with van der Waals surface area (Å²) >= 11 is 0. The molecule has 1 fully saturated rings. The van der Waals surface area contributed by atoms with Crippen LogP contribution in [0.15, 0.2) is 18.2 Å². The zero-order valence-corrected chi connectivity index (χ0v) is 11.5. The summed E-state index contributed by atoms with van der Waals surface area (Å²) in [6.45, 7) is 8.71. The van der Waals surface area contributed by atoms with Crippen LogP contribution in [0.4, 0.5) is 0 Å². The second-order valence-corrected chi connectivity index (χ2v) is 4.77. The lowest BCUT2D eigenvalue weighted by molar-refractivity contribution is 0.287. The van der Waals surface area contributed by atoms with E-state index in [2.05, 4.69) is 24.4 Å². The Morgan fingerprint density at radius 1 is 1.17 bits per heavy atom. The third kappa shape index (κ3) is 2.78. The molecule has 18 heavy (non-hydrogen) atoms. The molecule has 2 rings (SSSR count). The molecule has 0 amide bonds. The first-order valence-corrected chi connectivity index (χ1v) is 6.89. The van der Waals surface area contributed by atoms with E-state index >= 15 is 0 Å². The molecule has 1 aromatic rings. The molecule has 1 heterocycles. The van der Waals surface area contributed by atoms with Gasteiger partial charge in [-0.1, -0.05) is 13.0 Å². The Kier molecular flexibility index (Phi) is 4.48. The first-order chi connectivity index (χ1) is 8.76. The molecular weight excluding hydrogens is 226 g/mol. The average molecular weight is 249 g/mol. The molecule has 3 nitrogen and oxygen atoms in total. The molecule has 0 radical (unpaired) electrons. The van der Waals surface area contributed by atoms with E-state index in [1.165, 1.54) is 12.0 Å². The van der Waals surface area contributed by atoms with Crippen LogP contribution in [0.3, 0.4) is 0 Å². The standard InChI is InChI=1S/C15H23NO2/c1-4-17-13-7-6-12(10-14(13)18-5-2)15-11(3)8-9-16-15/h6-7,10-11,15-16H,4-5,8-9H2,1-3H3. The van der Waals surface area contributed by atoms with Gasteiger partial charge < -0.3 is 14.8 Å². The molecule has 0 aliphatic carbocycles. The fraction of sp³-hybridized carbons (Fsp3) is 0.600. The largest absolute Gasteiger partial charge is 0.490 e. The van der Waals surface area contributed by atoms with Crippen molar-refractivity contribution in [3.8, 4) is 11.5 Å². The number of hydrogen-bond donors (Lipinski definition) is 1. The van der Waals surface area contributed by atoms with Gasteiger partial charge in [-0.15, -0.1) is 0 Å². The minimum atomic E-state index is 0.444. The molecule has 0 spiro atoms. The van der Waals surface area contributed by atoms with Crippen LogP contribution in [-0.2, 0) is 0 Å². The third-order valence-electron chi connectivity index (χ3n) is 3.46. The van der Waals surface area contributed by atoms with Crippen molar-refractivity contribution in [3.05, 3.63) is 23.8 Å². The van der Waals surface area contributed by atoms with Crippen molar-refractivity contribution in [2.45, 2.75) is 33.2 Å². The van der Waals surface area contributed by atoms with Crippen molar-refractivity contribution in [2.24, 2.45) is 5.92 Å². The monoisotopic (exact) mass is 249 g/mol. The van der Waals surface area contributed by atoms with Gasteiger partial charge in [0.2, 0.25) is 0 Å². The zero-order valence-electron chi connectivity index (χ0n) is 11.5. The van der Waals surface area contributed by atoms with Crippen molar-refractivity contribution < 1.29 is 9.47 Å².